The summed E-state index contributed by atoms with van der Waals surface area (Å²) < 4.78 is 68.3. The number of phosphoric acid groups is 2. The molecule has 0 rings (SSSR count). The maximum Gasteiger partial charge on any atom is 0.472 e. The van der Waals surface area contributed by atoms with Crippen LogP contribution in [0.3, 0.4) is 0 Å². The van der Waals surface area contributed by atoms with E-state index in [9.17, 15) is 43.2 Å². The molecule has 0 aromatic rings. The lowest BCUT2D eigenvalue weighted by molar-refractivity contribution is -0.161. The molecule has 0 saturated carbocycles. The number of hydrogen-bond donors (Lipinski definition) is 3. The van der Waals surface area contributed by atoms with Crippen molar-refractivity contribution in [3.8, 4) is 0 Å². The Balaban J connectivity index is 5.25. The van der Waals surface area contributed by atoms with E-state index in [0.717, 1.165) is 114 Å². The van der Waals surface area contributed by atoms with Gasteiger partial charge in [0.25, 0.3) is 0 Å². The minimum atomic E-state index is -4.95. The monoisotopic (exact) mass is 1320 g/mol. The number of carbonyl (C=O) groups is 4. The molecule has 534 valence electrons. The zero-order valence-corrected chi connectivity index (χ0v) is 60.6. The van der Waals surface area contributed by atoms with Gasteiger partial charge in [-0.05, 0) is 49.4 Å². The van der Waals surface area contributed by atoms with Crippen LogP contribution in [0.1, 0.15) is 351 Å². The molecule has 3 N–H and O–H groups in total. The second kappa shape index (κ2) is 60.7. The highest BCUT2D eigenvalue weighted by Gasteiger charge is 2.30. The van der Waals surface area contributed by atoms with Crippen molar-refractivity contribution < 1.29 is 80.2 Å². The molecule has 0 aliphatic heterocycles. The lowest BCUT2D eigenvalue weighted by Crippen LogP contribution is -2.30. The summed E-state index contributed by atoms with van der Waals surface area (Å²) in [5.41, 5.74) is 0. The van der Waals surface area contributed by atoms with E-state index in [1.54, 1.807) is 0 Å². The summed E-state index contributed by atoms with van der Waals surface area (Å²) in [4.78, 5) is 72.6. The quantitative estimate of drug-likeness (QED) is 0.0222. The fourth-order valence-electron chi connectivity index (χ4n) is 10.7. The Morgan fingerprint density at radius 1 is 0.278 bits per heavy atom. The van der Waals surface area contributed by atoms with Crippen molar-refractivity contribution in [2.75, 3.05) is 39.6 Å². The van der Waals surface area contributed by atoms with Crippen molar-refractivity contribution in [1.82, 2.24) is 0 Å². The minimum Gasteiger partial charge on any atom is -0.462 e. The van der Waals surface area contributed by atoms with Crippen molar-refractivity contribution in [3.05, 3.63) is 0 Å². The molecule has 17 nitrogen and oxygen atoms in total. The predicted molar refractivity (Wildman–Crippen MR) is 363 cm³/mol. The molecule has 0 amide bonds. The van der Waals surface area contributed by atoms with E-state index in [1.165, 1.54) is 148 Å². The van der Waals surface area contributed by atoms with Crippen LogP contribution in [0.5, 0.6) is 0 Å². The van der Waals surface area contributed by atoms with Crippen molar-refractivity contribution in [3.63, 3.8) is 0 Å². The predicted octanol–water partition coefficient (Wildman–Crippen LogP) is 20.1. The Hall–Kier alpha value is -1.94. The van der Waals surface area contributed by atoms with E-state index in [-0.39, 0.29) is 25.7 Å². The first kappa shape index (κ1) is 88.1. The van der Waals surface area contributed by atoms with Gasteiger partial charge in [0, 0.05) is 25.7 Å². The highest BCUT2D eigenvalue weighted by molar-refractivity contribution is 7.47. The summed E-state index contributed by atoms with van der Waals surface area (Å²) in [7, 11) is -9.90. The molecule has 0 radical (unpaired) electrons. The zero-order valence-electron chi connectivity index (χ0n) is 58.8. The summed E-state index contributed by atoms with van der Waals surface area (Å²) in [6, 6.07) is 0. The molecule has 0 saturated heterocycles. The topological polar surface area (TPSA) is 237 Å². The Labute approximate surface area is 549 Å². The molecule has 0 aliphatic rings. The van der Waals surface area contributed by atoms with Gasteiger partial charge in [-0.1, -0.05) is 299 Å². The lowest BCUT2D eigenvalue weighted by Gasteiger charge is -2.21. The van der Waals surface area contributed by atoms with Gasteiger partial charge in [0.2, 0.25) is 0 Å². The van der Waals surface area contributed by atoms with Gasteiger partial charge in [0.1, 0.15) is 19.3 Å². The van der Waals surface area contributed by atoms with E-state index < -0.39 is 97.5 Å². The summed E-state index contributed by atoms with van der Waals surface area (Å²) in [5, 5.41) is 10.6. The standard InChI is InChI=1S/C71H138O17P2/c1-61(2)47-39-31-23-17-11-9-10-12-20-26-35-43-51-68(73)81-57-66(87-70(75)53-45-37-27-21-15-13-18-24-32-40-48-62(3)4)59-85-89(77,78)83-55-65(72)56-84-90(79,80)86-60-67(58-82-69(74)52-44-36-30-29-34-42-50-64(7)8)88-71(76)54-46-38-28-22-16-14-19-25-33-41-49-63(5)6/h61-67,72H,9-60H2,1-8H3,(H,77,78)(H,79,80)/t65-,66-,67-/m1/s1. The Morgan fingerprint density at radius 2 is 0.467 bits per heavy atom. The smallest absolute Gasteiger partial charge is 0.462 e. The average Bonchev–Trinajstić information content (AvgIpc) is 3.67. The van der Waals surface area contributed by atoms with E-state index in [4.69, 9.17) is 37.0 Å². The second-order valence-corrected chi connectivity index (χ2v) is 30.4. The van der Waals surface area contributed by atoms with Gasteiger partial charge in [-0.15, -0.1) is 0 Å². The van der Waals surface area contributed by atoms with Crippen LogP contribution in [-0.2, 0) is 65.4 Å². The van der Waals surface area contributed by atoms with Gasteiger partial charge in [0.15, 0.2) is 12.2 Å². The Bertz CT molecular complexity index is 1780. The summed E-state index contributed by atoms with van der Waals surface area (Å²) in [6.45, 7) is 14.1. The van der Waals surface area contributed by atoms with Crippen LogP contribution in [0.4, 0.5) is 0 Å². The molecule has 0 spiro atoms. The third-order valence-corrected chi connectivity index (χ3v) is 18.2. The van der Waals surface area contributed by atoms with E-state index in [2.05, 4.69) is 55.4 Å². The highest BCUT2D eigenvalue weighted by Crippen LogP contribution is 2.45. The molecule has 2 unspecified atom stereocenters. The first-order valence-electron chi connectivity index (χ1n) is 36.7. The van der Waals surface area contributed by atoms with E-state index in [0.29, 0.717) is 31.6 Å². The van der Waals surface area contributed by atoms with Crippen LogP contribution in [0.15, 0.2) is 0 Å². The average molecular weight is 1330 g/mol. The zero-order chi connectivity index (χ0) is 66.8. The molecular weight excluding hydrogens is 1190 g/mol. The minimum absolute atomic E-state index is 0.104. The first-order valence-corrected chi connectivity index (χ1v) is 39.7. The maximum atomic E-state index is 13.0. The number of aliphatic hydroxyl groups excluding tert-OH is 1. The summed E-state index contributed by atoms with van der Waals surface area (Å²) in [6.07, 6.45) is 43.2. The van der Waals surface area contributed by atoms with Gasteiger partial charge in [-0.2, -0.15) is 0 Å². The second-order valence-electron chi connectivity index (χ2n) is 27.5. The summed E-state index contributed by atoms with van der Waals surface area (Å²) in [5.74, 6) is 0.836. The lowest BCUT2D eigenvalue weighted by atomic mass is 10.0. The number of hydrogen-bond acceptors (Lipinski definition) is 15. The number of rotatable bonds is 68. The number of aliphatic hydroxyl groups is 1. The molecule has 19 heteroatoms. The Morgan fingerprint density at radius 3 is 0.689 bits per heavy atom. The largest absolute Gasteiger partial charge is 0.472 e. The first-order chi connectivity index (χ1) is 43.1. The summed E-state index contributed by atoms with van der Waals surface area (Å²) >= 11 is 0. The van der Waals surface area contributed by atoms with Crippen LogP contribution in [0.2, 0.25) is 0 Å². The molecular formula is C71H138O17P2. The SMILES string of the molecule is CC(C)CCCCCCCCCCCCCCC(=O)OC[C@H](COP(=O)(O)OC[C@@H](O)COP(=O)(O)OC[C@@H](COC(=O)CCCCCCCCC(C)C)OC(=O)CCCCCCCCCCCCC(C)C)OC(=O)CCCCCCCCCCCCC(C)C. The van der Waals surface area contributed by atoms with Gasteiger partial charge in [-0.25, -0.2) is 9.13 Å². The number of esters is 4. The molecule has 0 aromatic carbocycles. The van der Waals surface area contributed by atoms with Crippen LogP contribution in [0.25, 0.3) is 0 Å². The maximum absolute atomic E-state index is 13.0. The molecule has 0 fully saturated rings. The van der Waals surface area contributed by atoms with Gasteiger partial charge >= 0.3 is 39.5 Å². The van der Waals surface area contributed by atoms with Crippen LogP contribution in [-0.4, -0.2) is 96.7 Å². The number of unbranched alkanes of at least 4 members (excludes halogenated alkanes) is 34. The normalized spacial score (nSPS) is 14.3. The van der Waals surface area contributed by atoms with Crippen molar-refractivity contribution in [1.29, 1.82) is 0 Å². The third-order valence-electron chi connectivity index (χ3n) is 16.3. The van der Waals surface area contributed by atoms with Crippen molar-refractivity contribution >= 4 is 39.5 Å². The number of phosphoric ester groups is 2. The van der Waals surface area contributed by atoms with Gasteiger partial charge in [-0.3, -0.25) is 37.3 Å². The Kier molecular flexibility index (Phi) is 59.4. The van der Waals surface area contributed by atoms with Crippen LogP contribution < -0.4 is 0 Å². The number of carbonyl (C=O) groups excluding carboxylic acids is 4. The van der Waals surface area contributed by atoms with E-state index >= 15 is 0 Å². The fraction of sp³-hybridized carbons (Fsp3) is 0.944. The van der Waals surface area contributed by atoms with Crippen LogP contribution >= 0.6 is 15.6 Å². The number of ether oxygens (including phenoxy) is 4. The van der Waals surface area contributed by atoms with Crippen molar-refractivity contribution in [2.24, 2.45) is 23.7 Å². The molecule has 0 heterocycles. The highest BCUT2D eigenvalue weighted by atomic mass is 31.2. The van der Waals surface area contributed by atoms with Gasteiger partial charge in [0.05, 0.1) is 26.4 Å². The molecule has 0 aliphatic carbocycles. The molecule has 0 aromatic heterocycles. The molecule has 90 heavy (non-hydrogen) atoms. The van der Waals surface area contributed by atoms with Gasteiger partial charge < -0.3 is 33.8 Å². The van der Waals surface area contributed by atoms with E-state index in [1.807, 2.05) is 0 Å². The van der Waals surface area contributed by atoms with Crippen LogP contribution in [0, 0.1) is 23.7 Å². The molecule has 5 atom stereocenters. The third kappa shape index (κ3) is 64.8. The molecule has 0 bridgehead atoms. The fourth-order valence-corrected chi connectivity index (χ4v) is 12.2. The van der Waals surface area contributed by atoms with Crippen molar-refractivity contribution in [2.45, 2.75) is 369 Å².